The summed E-state index contributed by atoms with van der Waals surface area (Å²) in [5.74, 6) is -0.692. The molecule has 0 rings (SSSR count). The van der Waals surface area contributed by atoms with Crippen LogP contribution < -0.4 is 5.32 Å². The molecule has 0 radical (unpaired) electrons. The van der Waals surface area contributed by atoms with E-state index in [4.69, 9.17) is 5.11 Å². The van der Waals surface area contributed by atoms with E-state index in [1.807, 2.05) is 0 Å². The van der Waals surface area contributed by atoms with Crippen molar-refractivity contribution in [2.75, 3.05) is 13.1 Å². The summed E-state index contributed by atoms with van der Waals surface area (Å²) in [5.41, 5.74) is 0. The second kappa shape index (κ2) is 17.5. The lowest BCUT2D eigenvalue weighted by molar-refractivity contribution is -0.137. The van der Waals surface area contributed by atoms with Gasteiger partial charge in [-0.1, -0.05) is 77.6 Å². The van der Waals surface area contributed by atoms with Crippen LogP contribution in [-0.4, -0.2) is 24.2 Å². The third-order valence-electron chi connectivity index (χ3n) is 3.95. The fourth-order valence-corrected chi connectivity index (χ4v) is 2.58. The summed E-state index contributed by atoms with van der Waals surface area (Å²) in [7, 11) is 0. The third kappa shape index (κ3) is 19.4. The zero-order valence-electron chi connectivity index (χ0n) is 14.2. The summed E-state index contributed by atoms with van der Waals surface area (Å²) in [5, 5.41) is 11.8. The standard InChI is InChI=1S/C18H37NO2/c1-2-3-4-5-6-7-8-9-10-11-12-13-16-19-17-14-15-18(20)21/h19H,2-17H2,1H3,(H,20,21). The molecule has 0 aliphatic carbocycles. The van der Waals surface area contributed by atoms with Gasteiger partial charge in [0.05, 0.1) is 0 Å². The van der Waals surface area contributed by atoms with Gasteiger partial charge in [0.1, 0.15) is 0 Å². The van der Waals surface area contributed by atoms with Gasteiger partial charge in [0.25, 0.3) is 0 Å². The Kier molecular flexibility index (Phi) is 17.0. The number of carboxylic acids is 1. The van der Waals surface area contributed by atoms with Crippen molar-refractivity contribution < 1.29 is 9.90 Å². The van der Waals surface area contributed by atoms with Crippen LogP contribution >= 0.6 is 0 Å². The Morgan fingerprint density at radius 3 is 1.62 bits per heavy atom. The molecule has 3 nitrogen and oxygen atoms in total. The van der Waals surface area contributed by atoms with Crippen LogP contribution in [0.25, 0.3) is 0 Å². The van der Waals surface area contributed by atoms with E-state index in [2.05, 4.69) is 12.2 Å². The van der Waals surface area contributed by atoms with E-state index < -0.39 is 5.97 Å². The fraction of sp³-hybridized carbons (Fsp3) is 0.944. The molecule has 0 unspecified atom stereocenters. The van der Waals surface area contributed by atoms with Crippen LogP contribution in [-0.2, 0) is 4.79 Å². The van der Waals surface area contributed by atoms with Crippen molar-refractivity contribution >= 4 is 5.97 Å². The maximum Gasteiger partial charge on any atom is 0.303 e. The molecular formula is C18H37NO2. The van der Waals surface area contributed by atoms with Gasteiger partial charge in [0, 0.05) is 6.42 Å². The molecule has 3 heteroatoms. The van der Waals surface area contributed by atoms with Crippen LogP contribution in [0.5, 0.6) is 0 Å². The van der Waals surface area contributed by atoms with E-state index in [0.29, 0.717) is 0 Å². The Bertz CT molecular complexity index is 219. The number of carbonyl (C=O) groups is 1. The van der Waals surface area contributed by atoms with Crippen LogP contribution in [0.4, 0.5) is 0 Å². The highest BCUT2D eigenvalue weighted by molar-refractivity contribution is 5.66. The Balaban J connectivity index is 2.95. The van der Waals surface area contributed by atoms with Crippen LogP contribution in [0.3, 0.4) is 0 Å². The molecule has 0 saturated heterocycles. The molecule has 2 N–H and O–H groups in total. The van der Waals surface area contributed by atoms with E-state index in [0.717, 1.165) is 19.5 Å². The third-order valence-corrected chi connectivity index (χ3v) is 3.95. The van der Waals surface area contributed by atoms with E-state index >= 15 is 0 Å². The Morgan fingerprint density at radius 2 is 1.14 bits per heavy atom. The fourth-order valence-electron chi connectivity index (χ4n) is 2.58. The largest absolute Gasteiger partial charge is 0.481 e. The SMILES string of the molecule is CCCCCCCCCCCCCCNCCCC(=O)O. The number of hydrogen-bond acceptors (Lipinski definition) is 2. The molecule has 0 aromatic rings. The molecule has 0 aliphatic heterocycles. The predicted octanol–water partition coefficient (Wildman–Crippen LogP) is 5.14. The van der Waals surface area contributed by atoms with Gasteiger partial charge in [0.15, 0.2) is 0 Å². The minimum atomic E-state index is -0.692. The number of nitrogens with one attached hydrogen (secondary N) is 1. The first-order valence-corrected chi connectivity index (χ1v) is 9.20. The summed E-state index contributed by atoms with van der Waals surface area (Å²) in [6.07, 6.45) is 17.6. The lowest BCUT2D eigenvalue weighted by Gasteiger charge is -2.04. The predicted molar refractivity (Wildman–Crippen MR) is 90.8 cm³/mol. The van der Waals surface area contributed by atoms with Crippen molar-refractivity contribution in [2.45, 2.75) is 96.8 Å². The summed E-state index contributed by atoms with van der Waals surface area (Å²) >= 11 is 0. The summed E-state index contributed by atoms with van der Waals surface area (Å²) in [6, 6.07) is 0. The topological polar surface area (TPSA) is 49.3 Å². The number of aliphatic carboxylic acids is 1. The Labute approximate surface area is 131 Å². The monoisotopic (exact) mass is 299 g/mol. The quantitative estimate of drug-likeness (QED) is 0.365. The van der Waals surface area contributed by atoms with Crippen molar-refractivity contribution in [3.8, 4) is 0 Å². The summed E-state index contributed by atoms with van der Waals surface area (Å²) in [4.78, 5) is 10.3. The van der Waals surface area contributed by atoms with Crippen LogP contribution in [0.15, 0.2) is 0 Å². The second-order valence-corrected chi connectivity index (χ2v) is 6.14. The molecule has 126 valence electrons. The van der Waals surface area contributed by atoms with Crippen molar-refractivity contribution in [1.82, 2.24) is 5.32 Å². The number of rotatable bonds is 17. The first-order chi connectivity index (χ1) is 10.3. The highest BCUT2D eigenvalue weighted by Gasteiger charge is 1.96. The zero-order valence-corrected chi connectivity index (χ0v) is 14.2. The molecular weight excluding hydrogens is 262 g/mol. The van der Waals surface area contributed by atoms with E-state index in [1.165, 1.54) is 77.0 Å². The first-order valence-electron chi connectivity index (χ1n) is 9.20. The molecule has 0 atom stereocenters. The van der Waals surface area contributed by atoms with Crippen molar-refractivity contribution in [3.63, 3.8) is 0 Å². The molecule has 0 aliphatic rings. The molecule has 0 bridgehead atoms. The average Bonchev–Trinajstić information content (AvgIpc) is 2.46. The van der Waals surface area contributed by atoms with Crippen molar-refractivity contribution in [1.29, 1.82) is 0 Å². The van der Waals surface area contributed by atoms with E-state index in [-0.39, 0.29) is 6.42 Å². The van der Waals surface area contributed by atoms with Crippen LogP contribution in [0.2, 0.25) is 0 Å². The lowest BCUT2D eigenvalue weighted by atomic mass is 10.1. The van der Waals surface area contributed by atoms with E-state index in [1.54, 1.807) is 0 Å². The van der Waals surface area contributed by atoms with Crippen LogP contribution in [0.1, 0.15) is 96.8 Å². The minimum absolute atomic E-state index is 0.283. The van der Waals surface area contributed by atoms with E-state index in [9.17, 15) is 4.79 Å². The summed E-state index contributed by atoms with van der Waals surface area (Å²) < 4.78 is 0. The molecule has 0 aromatic heterocycles. The molecule has 21 heavy (non-hydrogen) atoms. The molecule has 0 spiro atoms. The normalized spacial score (nSPS) is 10.9. The molecule has 0 amide bonds. The molecule has 0 heterocycles. The van der Waals surface area contributed by atoms with Crippen molar-refractivity contribution in [2.24, 2.45) is 0 Å². The molecule has 0 saturated carbocycles. The van der Waals surface area contributed by atoms with Crippen molar-refractivity contribution in [3.05, 3.63) is 0 Å². The van der Waals surface area contributed by atoms with Crippen LogP contribution in [0, 0.1) is 0 Å². The van der Waals surface area contributed by atoms with Gasteiger partial charge >= 0.3 is 5.97 Å². The smallest absolute Gasteiger partial charge is 0.303 e. The number of carboxylic acid groups (broad SMARTS) is 1. The van der Waals surface area contributed by atoms with Gasteiger partial charge in [-0.05, 0) is 25.9 Å². The summed E-state index contributed by atoms with van der Waals surface area (Å²) in [6.45, 7) is 4.15. The van der Waals surface area contributed by atoms with Gasteiger partial charge in [-0.25, -0.2) is 0 Å². The maximum atomic E-state index is 10.3. The Hall–Kier alpha value is -0.570. The highest BCUT2D eigenvalue weighted by Crippen LogP contribution is 2.11. The van der Waals surface area contributed by atoms with Gasteiger partial charge in [-0.15, -0.1) is 0 Å². The highest BCUT2D eigenvalue weighted by atomic mass is 16.4. The zero-order chi connectivity index (χ0) is 15.6. The first kappa shape index (κ1) is 20.4. The minimum Gasteiger partial charge on any atom is -0.481 e. The lowest BCUT2D eigenvalue weighted by Crippen LogP contribution is -2.17. The average molecular weight is 299 g/mol. The molecule has 0 fully saturated rings. The molecule has 0 aromatic carbocycles. The van der Waals surface area contributed by atoms with Gasteiger partial charge < -0.3 is 10.4 Å². The number of hydrogen-bond donors (Lipinski definition) is 2. The second-order valence-electron chi connectivity index (χ2n) is 6.14. The van der Waals surface area contributed by atoms with Gasteiger partial charge in [0.2, 0.25) is 0 Å². The Morgan fingerprint density at radius 1 is 0.714 bits per heavy atom. The maximum absolute atomic E-state index is 10.3. The van der Waals surface area contributed by atoms with Gasteiger partial charge in [-0.3, -0.25) is 4.79 Å². The number of unbranched alkanes of at least 4 members (excludes halogenated alkanes) is 11. The van der Waals surface area contributed by atoms with Gasteiger partial charge in [-0.2, -0.15) is 0 Å².